The number of hydrogen-bond acceptors (Lipinski definition) is 2. The highest BCUT2D eigenvalue weighted by molar-refractivity contribution is 5.93. The van der Waals surface area contributed by atoms with Gasteiger partial charge in [-0.25, -0.2) is 0 Å². The zero-order chi connectivity index (χ0) is 10.8. The van der Waals surface area contributed by atoms with Crippen molar-refractivity contribution in [3.05, 3.63) is 12.2 Å². The minimum absolute atomic E-state index is 0.214. The van der Waals surface area contributed by atoms with E-state index in [-0.39, 0.29) is 11.2 Å². The van der Waals surface area contributed by atoms with Crippen molar-refractivity contribution in [1.29, 1.82) is 0 Å². The molecule has 0 amide bonds. The van der Waals surface area contributed by atoms with Crippen LogP contribution in [0.5, 0.6) is 0 Å². The summed E-state index contributed by atoms with van der Waals surface area (Å²) in [6.07, 6.45) is 3.71. The van der Waals surface area contributed by atoms with E-state index in [1.54, 1.807) is 6.08 Å². The first-order valence-corrected chi connectivity index (χ1v) is 5.33. The van der Waals surface area contributed by atoms with Crippen molar-refractivity contribution in [1.82, 2.24) is 4.90 Å². The van der Waals surface area contributed by atoms with Crippen LogP contribution in [0.4, 0.5) is 0 Å². The summed E-state index contributed by atoms with van der Waals surface area (Å²) >= 11 is 0. The molecule has 1 aliphatic heterocycles. The van der Waals surface area contributed by atoms with Gasteiger partial charge in [-0.3, -0.25) is 9.69 Å². The predicted octanol–water partition coefficient (Wildman–Crippen LogP) is 2.11. The average molecular weight is 195 g/mol. The molecule has 1 saturated heterocycles. The fraction of sp³-hybridized carbons (Fsp3) is 0.750. The van der Waals surface area contributed by atoms with Gasteiger partial charge in [-0.05, 0) is 12.0 Å². The van der Waals surface area contributed by atoms with Crippen molar-refractivity contribution < 1.29 is 4.79 Å². The van der Waals surface area contributed by atoms with Crippen LogP contribution in [0.1, 0.15) is 27.7 Å². The molecule has 0 unspecified atom stereocenters. The van der Waals surface area contributed by atoms with Gasteiger partial charge in [-0.2, -0.15) is 0 Å². The Morgan fingerprint density at radius 1 is 1.43 bits per heavy atom. The molecule has 1 heterocycles. The van der Waals surface area contributed by atoms with Crippen molar-refractivity contribution >= 4 is 5.78 Å². The Hall–Kier alpha value is -0.630. The molecule has 0 spiro atoms. The Labute approximate surface area is 87.0 Å². The largest absolute Gasteiger partial charge is 0.299 e. The predicted molar refractivity (Wildman–Crippen MR) is 59.2 cm³/mol. The lowest BCUT2D eigenvalue weighted by atomic mass is 9.90. The molecule has 0 saturated carbocycles. The van der Waals surface area contributed by atoms with Gasteiger partial charge in [0.25, 0.3) is 0 Å². The van der Waals surface area contributed by atoms with Crippen LogP contribution < -0.4 is 0 Å². The SMILES string of the molecule is CC1CN(C/C=C/C(=O)C(C)(C)C)C1. The average Bonchev–Trinajstić information content (AvgIpc) is 1.99. The molecule has 0 atom stereocenters. The Kier molecular flexibility index (Phi) is 3.48. The first kappa shape index (κ1) is 11.4. The molecular formula is C12H21NO. The van der Waals surface area contributed by atoms with Gasteiger partial charge in [0, 0.05) is 25.0 Å². The van der Waals surface area contributed by atoms with Gasteiger partial charge in [0.05, 0.1) is 0 Å². The molecule has 2 heteroatoms. The number of rotatable bonds is 3. The Balaban J connectivity index is 2.24. The van der Waals surface area contributed by atoms with Crippen molar-refractivity contribution in [2.75, 3.05) is 19.6 Å². The number of allylic oxidation sites excluding steroid dienone is 1. The highest BCUT2D eigenvalue weighted by Crippen LogP contribution is 2.16. The summed E-state index contributed by atoms with van der Waals surface area (Å²) in [7, 11) is 0. The van der Waals surface area contributed by atoms with Crippen molar-refractivity contribution in [2.24, 2.45) is 11.3 Å². The second-order valence-corrected chi connectivity index (χ2v) is 5.34. The van der Waals surface area contributed by atoms with E-state index in [2.05, 4.69) is 11.8 Å². The van der Waals surface area contributed by atoms with Crippen molar-refractivity contribution in [3.8, 4) is 0 Å². The van der Waals surface area contributed by atoms with Crippen LogP contribution >= 0.6 is 0 Å². The third-order valence-corrected chi connectivity index (χ3v) is 2.51. The van der Waals surface area contributed by atoms with E-state index in [0.29, 0.717) is 0 Å². The maximum atomic E-state index is 11.5. The molecule has 0 radical (unpaired) electrons. The third-order valence-electron chi connectivity index (χ3n) is 2.51. The smallest absolute Gasteiger partial charge is 0.160 e. The van der Waals surface area contributed by atoms with Crippen molar-refractivity contribution in [2.45, 2.75) is 27.7 Å². The van der Waals surface area contributed by atoms with Crippen molar-refractivity contribution in [3.63, 3.8) is 0 Å². The fourth-order valence-corrected chi connectivity index (χ4v) is 1.54. The molecule has 0 N–H and O–H groups in total. The zero-order valence-corrected chi connectivity index (χ0v) is 9.71. The Morgan fingerprint density at radius 3 is 2.43 bits per heavy atom. The normalized spacial score (nSPS) is 20.0. The highest BCUT2D eigenvalue weighted by Gasteiger charge is 2.21. The third kappa shape index (κ3) is 3.26. The molecular weight excluding hydrogens is 174 g/mol. The van der Waals surface area contributed by atoms with Crippen LogP contribution in [0.15, 0.2) is 12.2 Å². The van der Waals surface area contributed by atoms with Gasteiger partial charge in [0.15, 0.2) is 5.78 Å². The summed E-state index contributed by atoms with van der Waals surface area (Å²) in [5.74, 6) is 1.05. The van der Waals surface area contributed by atoms with Crippen LogP contribution in [0.2, 0.25) is 0 Å². The lowest BCUT2D eigenvalue weighted by Crippen LogP contribution is -2.44. The van der Waals surface area contributed by atoms with E-state index >= 15 is 0 Å². The number of ketones is 1. The van der Waals surface area contributed by atoms with E-state index in [1.807, 2.05) is 26.8 Å². The summed E-state index contributed by atoms with van der Waals surface area (Å²) in [5, 5.41) is 0. The molecule has 0 aromatic rings. The van der Waals surface area contributed by atoms with Crippen LogP contribution in [-0.2, 0) is 4.79 Å². The van der Waals surface area contributed by atoms with Crippen LogP contribution in [0.25, 0.3) is 0 Å². The number of nitrogens with zero attached hydrogens (tertiary/aromatic N) is 1. The summed E-state index contributed by atoms with van der Waals surface area (Å²) in [6, 6.07) is 0. The molecule has 0 aliphatic carbocycles. The van der Waals surface area contributed by atoms with E-state index in [0.717, 1.165) is 12.5 Å². The Bertz CT molecular complexity index is 231. The Morgan fingerprint density at radius 2 is 2.00 bits per heavy atom. The monoisotopic (exact) mass is 195 g/mol. The van der Waals surface area contributed by atoms with Crippen LogP contribution in [0, 0.1) is 11.3 Å². The second-order valence-electron chi connectivity index (χ2n) is 5.34. The molecule has 1 rings (SSSR count). The minimum Gasteiger partial charge on any atom is -0.299 e. The fourth-order valence-electron chi connectivity index (χ4n) is 1.54. The van der Waals surface area contributed by atoms with Gasteiger partial charge < -0.3 is 0 Å². The van der Waals surface area contributed by atoms with Gasteiger partial charge in [0.1, 0.15) is 0 Å². The zero-order valence-electron chi connectivity index (χ0n) is 9.71. The lowest BCUT2D eigenvalue weighted by molar-refractivity contribution is -0.121. The maximum absolute atomic E-state index is 11.5. The molecule has 0 aromatic carbocycles. The van der Waals surface area contributed by atoms with Gasteiger partial charge in [-0.15, -0.1) is 0 Å². The van der Waals surface area contributed by atoms with Gasteiger partial charge in [0.2, 0.25) is 0 Å². The van der Waals surface area contributed by atoms with E-state index in [4.69, 9.17) is 0 Å². The van der Waals surface area contributed by atoms with Crippen LogP contribution in [-0.4, -0.2) is 30.3 Å². The number of carbonyl (C=O) groups is 1. The van der Waals surface area contributed by atoms with E-state index < -0.39 is 0 Å². The minimum atomic E-state index is -0.237. The van der Waals surface area contributed by atoms with E-state index in [1.165, 1.54) is 13.1 Å². The van der Waals surface area contributed by atoms with Gasteiger partial charge >= 0.3 is 0 Å². The summed E-state index contributed by atoms with van der Waals surface area (Å²) in [5.41, 5.74) is -0.237. The topological polar surface area (TPSA) is 20.3 Å². The van der Waals surface area contributed by atoms with E-state index in [9.17, 15) is 4.79 Å². The second kappa shape index (κ2) is 4.26. The quantitative estimate of drug-likeness (QED) is 0.643. The molecule has 0 bridgehead atoms. The molecule has 1 aliphatic rings. The first-order chi connectivity index (χ1) is 6.39. The number of carbonyl (C=O) groups excluding carboxylic acids is 1. The van der Waals surface area contributed by atoms with Crippen LogP contribution in [0.3, 0.4) is 0 Å². The summed E-state index contributed by atoms with van der Waals surface area (Å²) < 4.78 is 0. The van der Waals surface area contributed by atoms with Gasteiger partial charge in [-0.1, -0.05) is 33.8 Å². The number of likely N-dealkylation sites (tertiary alicyclic amines) is 1. The molecule has 14 heavy (non-hydrogen) atoms. The summed E-state index contributed by atoms with van der Waals surface area (Å²) in [6.45, 7) is 11.4. The molecule has 80 valence electrons. The standard InChI is InChI=1S/C12H21NO/c1-10-8-13(9-10)7-5-6-11(14)12(2,3)4/h5-6,10H,7-9H2,1-4H3/b6-5+. The molecule has 2 nitrogen and oxygen atoms in total. The lowest BCUT2D eigenvalue weighted by Gasteiger charge is -2.36. The first-order valence-electron chi connectivity index (χ1n) is 5.33. The highest BCUT2D eigenvalue weighted by atomic mass is 16.1. The molecule has 0 aromatic heterocycles. The summed E-state index contributed by atoms with van der Waals surface area (Å²) in [4.78, 5) is 13.9. The maximum Gasteiger partial charge on any atom is 0.160 e. The number of hydrogen-bond donors (Lipinski definition) is 0. The molecule has 1 fully saturated rings.